The van der Waals surface area contributed by atoms with Crippen molar-refractivity contribution in [3.8, 4) is 11.1 Å². The number of ether oxygens (including phenoxy) is 1. The summed E-state index contributed by atoms with van der Waals surface area (Å²) in [5.41, 5.74) is -0.471. The Hall–Kier alpha value is -5.14. The molecule has 9 rings (SSSR count). The van der Waals surface area contributed by atoms with Gasteiger partial charge in [0.2, 0.25) is 5.91 Å². The summed E-state index contributed by atoms with van der Waals surface area (Å²) < 4.78 is 109. The number of halogens is 7. The van der Waals surface area contributed by atoms with Gasteiger partial charge in [0.1, 0.15) is 23.9 Å². The Morgan fingerprint density at radius 3 is 2.42 bits per heavy atom. The third-order valence-electron chi connectivity index (χ3n) is 11.9. The second-order valence-corrected chi connectivity index (χ2v) is 16.6. The lowest BCUT2D eigenvalue weighted by Gasteiger charge is -2.42. The highest BCUT2D eigenvalue weighted by Crippen LogP contribution is 2.55. The fraction of sp³-hybridized carbons (Fsp3) is 0.425. The average Bonchev–Trinajstić information content (AvgIpc) is 3.90. The summed E-state index contributed by atoms with van der Waals surface area (Å²) in [5, 5.41) is 9.70. The smallest absolute Gasteiger partial charge is 0.378 e. The maximum absolute atomic E-state index is 15.6. The molecule has 3 atom stereocenters. The molecule has 0 saturated carbocycles. The summed E-state index contributed by atoms with van der Waals surface area (Å²) in [6, 6.07) is 8.98. The van der Waals surface area contributed by atoms with E-state index in [4.69, 9.17) is 14.7 Å². The molecule has 4 aliphatic rings. The third kappa shape index (κ3) is 7.09. The number of amides is 2. The van der Waals surface area contributed by atoms with Crippen molar-refractivity contribution >= 4 is 38.6 Å². The fourth-order valence-electron chi connectivity index (χ4n) is 8.51. The molecule has 0 unspecified atom stereocenters. The quantitative estimate of drug-likeness (QED) is 0.161. The minimum absolute atomic E-state index is 0.0937. The first-order valence-corrected chi connectivity index (χ1v) is 20.0. The lowest BCUT2D eigenvalue weighted by atomic mass is 9.93. The van der Waals surface area contributed by atoms with Crippen LogP contribution >= 0.6 is 11.3 Å². The van der Waals surface area contributed by atoms with E-state index in [1.54, 1.807) is 24.3 Å². The number of alkyl halides is 5. The van der Waals surface area contributed by atoms with Crippen LogP contribution in [0.3, 0.4) is 0 Å². The monoisotopic (exact) mass is 842 g/mol. The molecule has 3 aromatic heterocycles. The molecule has 0 spiro atoms. The summed E-state index contributed by atoms with van der Waals surface area (Å²) in [5.74, 6) is -9.54. The van der Waals surface area contributed by atoms with Crippen LogP contribution in [0.1, 0.15) is 69.9 Å². The van der Waals surface area contributed by atoms with E-state index >= 15 is 8.78 Å². The van der Waals surface area contributed by atoms with E-state index in [9.17, 15) is 31.5 Å². The number of fused-ring (bicyclic) bond motifs is 3. The van der Waals surface area contributed by atoms with Crippen LogP contribution in [0.2, 0.25) is 0 Å². The van der Waals surface area contributed by atoms with Crippen LogP contribution in [0.4, 0.5) is 35.9 Å². The fourth-order valence-corrected chi connectivity index (χ4v) is 9.51. The second kappa shape index (κ2) is 14.5. The number of benzene rings is 2. The van der Waals surface area contributed by atoms with Gasteiger partial charge < -0.3 is 20.3 Å². The van der Waals surface area contributed by atoms with Crippen LogP contribution in [-0.4, -0.2) is 81.9 Å². The second-order valence-electron chi connectivity index (χ2n) is 15.6. The van der Waals surface area contributed by atoms with Crippen LogP contribution in [0.5, 0.6) is 0 Å². The van der Waals surface area contributed by atoms with Gasteiger partial charge in [0, 0.05) is 61.4 Å². The van der Waals surface area contributed by atoms with Crippen molar-refractivity contribution in [3.05, 3.63) is 93.4 Å². The predicted molar refractivity (Wildman–Crippen MR) is 202 cm³/mol. The Bertz CT molecular complexity index is 2470. The molecule has 2 aromatic carbocycles. The number of nitrogens with one attached hydrogen (secondary N) is 2. The first-order valence-electron chi connectivity index (χ1n) is 19.2. The Kier molecular flexibility index (Phi) is 9.70. The minimum atomic E-state index is -5.07. The number of nitrogens with zero attached hydrogens (tertiary/aromatic N) is 6. The van der Waals surface area contributed by atoms with Crippen molar-refractivity contribution in [1.29, 1.82) is 0 Å². The highest BCUT2D eigenvalue weighted by Gasteiger charge is 2.57. The van der Waals surface area contributed by atoms with Crippen molar-refractivity contribution < 1.29 is 45.1 Å². The zero-order chi connectivity index (χ0) is 41.5. The first kappa shape index (κ1) is 39.3. The van der Waals surface area contributed by atoms with Gasteiger partial charge in [-0.05, 0) is 53.3 Å². The maximum atomic E-state index is 15.6. The molecule has 2 amide bonds. The molecular weight excluding hydrogens is 806 g/mol. The molecule has 6 heterocycles. The Morgan fingerprint density at radius 1 is 1.02 bits per heavy atom. The highest BCUT2D eigenvalue weighted by molar-refractivity contribution is 7.22. The Labute approximate surface area is 336 Å². The van der Waals surface area contributed by atoms with Crippen molar-refractivity contribution in [2.75, 3.05) is 44.3 Å². The zero-order valence-electron chi connectivity index (χ0n) is 31.7. The molecule has 0 radical (unpaired) electrons. The van der Waals surface area contributed by atoms with E-state index in [1.807, 2.05) is 0 Å². The Morgan fingerprint density at radius 2 is 1.75 bits per heavy atom. The van der Waals surface area contributed by atoms with Gasteiger partial charge in [0.15, 0.2) is 16.5 Å². The van der Waals surface area contributed by atoms with Crippen LogP contribution in [0, 0.1) is 17.6 Å². The van der Waals surface area contributed by atoms with Gasteiger partial charge in [-0.25, -0.2) is 13.8 Å². The van der Waals surface area contributed by atoms with Gasteiger partial charge in [-0.1, -0.05) is 37.3 Å². The minimum Gasteiger partial charge on any atom is -0.378 e. The molecule has 5 aromatic rings. The number of anilines is 1. The third-order valence-corrected chi connectivity index (χ3v) is 13.0. The number of pyridine rings is 1. The lowest BCUT2D eigenvalue weighted by Crippen LogP contribution is -2.56. The van der Waals surface area contributed by atoms with E-state index in [2.05, 4.69) is 25.5 Å². The normalized spacial score (nSPS) is 21.0. The summed E-state index contributed by atoms with van der Waals surface area (Å²) in [6.45, 7) is 6.10. The van der Waals surface area contributed by atoms with Crippen molar-refractivity contribution in [1.82, 2.24) is 35.3 Å². The van der Waals surface area contributed by atoms with Crippen molar-refractivity contribution in [2.45, 2.75) is 63.5 Å². The van der Waals surface area contributed by atoms with Gasteiger partial charge >= 0.3 is 6.18 Å². The standard InChI is InChI=1S/C40H37F7N8O3S/c1-19-20(2)39(43,44)35-32(19)34(40(45,46)47)52-55(35)16-31(56)49-29(11-21-9-24(41)13-25(42)10-21)33-27(22-3-4-23-15-48-37(57)28(23)12-22)14-30-36(50-33)51-38(59-30)54-7-5-53(6-8-54)26-17-58-18-26/h3-4,9-10,12-14,19-20,26,29H,5-8,11,15-18H2,1-2H3,(H,48,57)(H,49,56)/t19-,20+,29-/m0/s1. The SMILES string of the molecule is C[C@@H]1c2c(C(F)(F)F)nn(CC(=O)N[C@@H](Cc3cc(F)cc(F)c3)c3nc4nc(N5CCN(C6COC6)CC5)sc4cc3-c3ccc4c(c3)C(=O)NC4)c2C(F)(F)[C@@H]1C. The van der Waals surface area contributed by atoms with Gasteiger partial charge in [-0.3, -0.25) is 19.2 Å². The molecule has 1 aliphatic carbocycles. The number of hydrogen-bond donors (Lipinski definition) is 2. The van der Waals surface area contributed by atoms with E-state index in [0.29, 0.717) is 81.8 Å². The lowest BCUT2D eigenvalue weighted by molar-refractivity contribution is -0.143. The zero-order valence-corrected chi connectivity index (χ0v) is 32.5. The van der Waals surface area contributed by atoms with Gasteiger partial charge in [0.25, 0.3) is 11.8 Å². The van der Waals surface area contributed by atoms with Crippen LogP contribution in [0.15, 0.2) is 42.5 Å². The van der Waals surface area contributed by atoms with Gasteiger partial charge in [-0.2, -0.15) is 32.0 Å². The molecule has 2 fully saturated rings. The topological polar surface area (TPSA) is 118 Å². The van der Waals surface area contributed by atoms with Crippen LogP contribution in [0.25, 0.3) is 21.5 Å². The number of aromatic nitrogens is 4. The average molecular weight is 843 g/mol. The molecule has 19 heteroatoms. The molecule has 310 valence electrons. The summed E-state index contributed by atoms with van der Waals surface area (Å²) >= 11 is 1.40. The number of carbonyl (C=O) groups is 2. The highest BCUT2D eigenvalue weighted by atomic mass is 32.1. The van der Waals surface area contributed by atoms with E-state index in [1.165, 1.54) is 18.3 Å². The van der Waals surface area contributed by atoms with Crippen LogP contribution in [-0.2, 0) is 41.1 Å². The maximum Gasteiger partial charge on any atom is 0.435 e. The summed E-state index contributed by atoms with van der Waals surface area (Å²) in [7, 11) is 0. The number of hydrogen-bond acceptors (Lipinski definition) is 9. The number of piperazine rings is 1. The van der Waals surface area contributed by atoms with E-state index in [-0.39, 0.29) is 23.6 Å². The van der Waals surface area contributed by atoms with E-state index < -0.39 is 71.0 Å². The summed E-state index contributed by atoms with van der Waals surface area (Å²) in [4.78, 5) is 41.1. The molecule has 11 nitrogen and oxygen atoms in total. The van der Waals surface area contributed by atoms with Crippen molar-refractivity contribution in [2.24, 2.45) is 5.92 Å². The van der Waals surface area contributed by atoms with E-state index in [0.717, 1.165) is 37.7 Å². The molecule has 0 bridgehead atoms. The molecule has 59 heavy (non-hydrogen) atoms. The Balaban J connectivity index is 1.13. The summed E-state index contributed by atoms with van der Waals surface area (Å²) in [6.07, 6.45) is -5.35. The van der Waals surface area contributed by atoms with Crippen LogP contribution < -0.4 is 15.5 Å². The largest absolute Gasteiger partial charge is 0.435 e. The van der Waals surface area contributed by atoms with Gasteiger partial charge in [0.05, 0.1) is 35.7 Å². The molecular formula is C40H37F7N8O3S. The first-order chi connectivity index (χ1) is 28.0. The molecule has 3 aliphatic heterocycles. The van der Waals surface area contributed by atoms with Crippen molar-refractivity contribution in [3.63, 3.8) is 0 Å². The molecule has 2 saturated heterocycles. The number of rotatable bonds is 9. The number of thiazole rings is 1. The molecule has 2 N–H and O–H groups in total. The number of carbonyl (C=O) groups excluding carboxylic acids is 2. The predicted octanol–water partition coefficient (Wildman–Crippen LogP) is 6.56. The van der Waals surface area contributed by atoms with Gasteiger partial charge in [-0.15, -0.1) is 0 Å².